The maximum atomic E-state index is 13.3. The van der Waals surface area contributed by atoms with Crippen LogP contribution in [0.4, 0.5) is 0 Å². The number of nitrogens with zero attached hydrogens (tertiary/aromatic N) is 3. The fraction of sp³-hybridized carbons (Fsp3) is 0.333. The van der Waals surface area contributed by atoms with Gasteiger partial charge in [-0.25, -0.2) is 9.48 Å². The number of aromatic nitrogens is 2. The van der Waals surface area contributed by atoms with Crippen LogP contribution in [-0.2, 0) is 18.2 Å². The molecule has 2 aliphatic rings. The molecule has 2 atom stereocenters. The molecule has 9 heteroatoms. The number of benzene rings is 1. The summed E-state index contributed by atoms with van der Waals surface area (Å²) in [6, 6.07) is 8.01. The van der Waals surface area contributed by atoms with E-state index in [0.717, 1.165) is 16.7 Å². The topological polar surface area (TPSA) is 122 Å². The molecule has 2 unspecified atom stereocenters. The first-order valence-electron chi connectivity index (χ1n) is 10.6. The summed E-state index contributed by atoms with van der Waals surface area (Å²) in [7, 11) is 2.97. The van der Waals surface area contributed by atoms with Crippen LogP contribution in [0.15, 0.2) is 53.0 Å². The van der Waals surface area contributed by atoms with Crippen LogP contribution >= 0.6 is 0 Å². The monoisotopic (exact) mass is 451 g/mol. The summed E-state index contributed by atoms with van der Waals surface area (Å²) in [4.78, 5) is 38.7. The maximum Gasteiger partial charge on any atom is 0.335 e. The molecule has 0 spiro atoms. The molecule has 0 saturated carbocycles. The van der Waals surface area contributed by atoms with E-state index < -0.39 is 17.6 Å². The molecule has 0 bridgehead atoms. The minimum Gasteiger partial charge on any atom is -0.498 e. The van der Waals surface area contributed by atoms with Crippen LogP contribution in [-0.4, -0.2) is 62.6 Å². The van der Waals surface area contributed by atoms with Gasteiger partial charge in [-0.2, -0.15) is 5.10 Å². The second-order valence-corrected chi connectivity index (χ2v) is 8.18. The van der Waals surface area contributed by atoms with Crippen LogP contribution in [0.2, 0.25) is 0 Å². The van der Waals surface area contributed by atoms with Gasteiger partial charge in [0.25, 0.3) is 11.5 Å². The van der Waals surface area contributed by atoms with E-state index in [0.29, 0.717) is 36.4 Å². The van der Waals surface area contributed by atoms with E-state index >= 15 is 0 Å². The first kappa shape index (κ1) is 22.5. The number of methoxy groups -OCH3 is 1. The Morgan fingerprint density at radius 1 is 1.24 bits per heavy atom. The highest BCUT2D eigenvalue weighted by molar-refractivity contribution is 5.95. The van der Waals surface area contributed by atoms with Gasteiger partial charge in [-0.15, -0.1) is 0 Å². The van der Waals surface area contributed by atoms with Gasteiger partial charge in [0.1, 0.15) is 17.4 Å². The Morgan fingerprint density at radius 2 is 1.97 bits per heavy atom. The molecule has 0 radical (unpaired) electrons. The number of carboxylic acids is 1. The first-order chi connectivity index (χ1) is 15.8. The molecule has 2 N–H and O–H groups in total. The van der Waals surface area contributed by atoms with Crippen LogP contribution in [0.3, 0.4) is 0 Å². The minimum atomic E-state index is -0.985. The van der Waals surface area contributed by atoms with Crippen molar-refractivity contribution < 1.29 is 24.5 Å². The van der Waals surface area contributed by atoms with E-state index in [1.807, 2.05) is 0 Å². The summed E-state index contributed by atoms with van der Waals surface area (Å²) in [6.07, 6.45) is 4.43. The third-order valence-corrected chi connectivity index (χ3v) is 6.09. The quantitative estimate of drug-likeness (QED) is 0.684. The van der Waals surface area contributed by atoms with Crippen molar-refractivity contribution in [2.45, 2.75) is 31.4 Å². The van der Waals surface area contributed by atoms with Crippen LogP contribution in [0.1, 0.15) is 44.8 Å². The Morgan fingerprint density at radius 3 is 2.58 bits per heavy atom. The largest absolute Gasteiger partial charge is 0.498 e. The van der Waals surface area contributed by atoms with Gasteiger partial charge in [0.15, 0.2) is 0 Å². The third kappa shape index (κ3) is 4.45. The van der Waals surface area contributed by atoms with Crippen molar-refractivity contribution in [3.8, 4) is 0 Å². The molecule has 1 amide bonds. The molecule has 1 saturated heterocycles. The normalized spacial score (nSPS) is 19.9. The van der Waals surface area contributed by atoms with Gasteiger partial charge < -0.3 is 19.8 Å². The summed E-state index contributed by atoms with van der Waals surface area (Å²) < 4.78 is 6.36. The summed E-state index contributed by atoms with van der Waals surface area (Å²) in [6.45, 7) is 0.542. The Kier molecular flexibility index (Phi) is 6.15. The number of likely N-dealkylation sites (tertiary alicyclic amines) is 1. The molecule has 1 aliphatic heterocycles. The lowest BCUT2D eigenvalue weighted by Crippen LogP contribution is -2.53. The lowest BCUT2D eigenvalue weighted by atomic mass is 9.93. The predicted octanol–water partition coefficient (Wildman–Crippen LogP) is 1.61. The molecule has 4 rings (SSSR count). The summed E-state index contributed by atoms with van der Waals surface area (Å²) in [5.74, 6) is -0.945. The van der Waals surface area contributed by atoms with E-state index in [9.17, 15) is 19.5 Å². The van der Waals surface area contributed by atoms with E-state index in [4.69, 9.17) is 9.84 Å². The van der Waals surface area contributed by atoms with Crippen molar-refractivity contribution in [1.82, 2.24) is 14.7 Å². The maximum absolute atomic E-state index is 13.3. The minimum absolute atomic E-state index is 0.0350. The fourth-order valence-electron chi connectivity index (χ4n) is 4.07. The van der Waals surface area contributed by atoms with Crippen LogP contribution in [0, 0.1) is 0 Å². The Hall–Kier alpha value is -3.72. The van der Waals surface area contributed by atoms with Crippen LogP contribution in [0.5, 0.6) is 0 Å². The van der Waals surface area contributed by atoms with Gasteiger partial charge in [0.05, 0.1) is 18.4 Å². The van der Waals surface area contributed by atoms with Crippen molar-refractivity contribution in [2.24, 2.45) is 7.05 Å². The molecule has 2 aromatic rings. The highest BCUT2D eigenvalue weighted by atomic mass is 16.5. The smallest absolute Gasteiger partial charge is 0.335 e. The number of hydrogen-bond donors (Lipinski definition) is 2. The molecule has 1 aromatic carbocycles. The fourth-order valence-corrected chi connectivity index (χ4v) is 4.07. The van der Waals surface area contributed by atoms with Gasteiger partial charge in [-0.1, -0.05) is 18.2 Å². The van der Waals surface area contributed by atoms with Gasteiger partial charge in [0.2, 0.25) is 0 Å². The number of hydrogen-bond acceptors (Lipinski definition) is 6. The van der Waals surface area contributed by atoms with Gasteiger partial charge in [-0.05, 0) is 49.1 Å². The Labute approximate surface area is 190 Å². The SMILES string of the molecule is COC1=CC(c2cc(C(=O)N3CCC3Cc3ccc(C(=O)O)cc3)c(=O)n(C)n2)=CCC1O. The molecule has 1 fully saturated rings. The number of ether oxygens (including phenoxy) is 1. The second kappa shape index (κ2) is 9.03. The van der Waals surface area contributed by atoms with Crippen molar-refractivity contribution in [2.75, 3.05) is 13.7 Å². The number of carbonyl (C=O) groups excluding carboxylic acids is 1. The van der Waals surface area contributed by atoms with E-state index in [2.05, 4.69) is 5.10 Å². The zero-order chi connectivity index (χ0) is 23.7. The number of aliphatic hydroxyl groups excluding tert-OH is 1. The van der Waals surface area contributed by atoms with Gasteiger partial charge in [-0.3, -0.25) is 9.59 Å². The molecule has 2 heterocycles. The molecule has 33 heavy (non-hydrogen) atoms. The third-order valence-electron chi connectivity index (χ3n) is 6.09. The highest BCUT2D eigenvalue weighted by Gasteiger charge is 2.34. The number of allylic oxidation sites excluding steroid dienone is 2. The zero-order valence-electron chi connectivity index (χ0n) is 18.4. The zero-order valence-corrected chi connectivity index (χ0v) is 18.4. The van der Waals surface area contributed by atoms with Crippen molar-refractivity contribution in [1.29, 1.82) is 0 Å². The number of carboxylic acid groups (broad SMARTS) is 1. The average molecular weight is 451 g/mol. The lowest BCUT2D eigenvalue weighted by molar-refractivity contribution is 0.0461. The molecule has 1 aliphatic carbocycles. The highest BCUT2D eigenvalue weighted by Crippen LogP contribution is 2.27. The average Bonchev–Trinajstić information content (AvgIpc) is 2.79. The van der Waals surface area contributed by atoms with E-state index in [1.54, 1.807) is 41.3 Å². The molecule has 9 nitrogen and oxygen atoms in total. The van der Waals surface area contributed by atoms with Crippen molar-refractivity contribution in [3.63, 3.8) is 0 Å². The summed E-state index contributed by atoms with van der Waals surface area (Å²) in [5.41, 5.74) is 1.81. The Balaban J connectivity index is 1.56. The van der Waals surface area contributed by atoms with Gasteiger partial charge >= 0.3 is 5.97 Å². The van der Waals surface area contributed by atoms with Crippen molar-refractivity contribution >= 4 is 17.4 Å². The summed E-state index contributed by atoms with van der Waals surface area (Å²) in [5, 5.41) is 23.3. The molecular weight excluding hydrogens is 426 g/mol. The molecular formula is C24H25N3O6. The summed E-state index contributed by atoms with van der Waals surface area (Å²) >= 11 is 0. The molecule has 172 valence electrons. The van der Waals surface area contributed by atoms with Crippen molar-refractivity contribution in [3.05, 3.63) is 81.0 Å². The van der Waals surface area contributed by atoms with E-state index in [-0.39, 0.29) is 23.1 Å². The first-order valence-corrected chi connectivity index (χ1v) is 10.6. The Bertz CT molecular complexity index is 1210. The lowest BCUT2D eigenvalue weighted by Gasteiger charge is -2.41. The number of carbonyl (C=O) groups is 2. The van der Waals surface area contributed by atoms with Gasteiger partial charge in [0, 0.05) is 25.2 Å². The second-order valence-electron chi connectivity index (χ2n) is 8.18. The standard InChI is InChI=1S/C24H25N3O6/c1-26-22(29)18(13-19(25-26)16-7-8-20(28)21(12-16)33-2)23(30)27-10-9-17(27)11-14-3-5-15(6-4-14)24(31)32/h3-7,12-13,17,20,28H,8-11H2,1-2H3,(H,31,32). The number of aryl methyl sites for hydroxylation is 1. The number of aromatic carboxylic acids is 1. The number of rotatable bonds is 6. The van der Waals surface area contributed by atoms with E-state index in [1.165, 1.54) is 20.2 Å². The predicted molar refractivity (Wildman–Crippen MR) is 120 cm³/mol. The van der Waals surface area contributed by atoms with Crippen LogP contribution < -0.4 is 5.56 Å². The van der Waals surface area contributed by atoms with Crippen LogP contribution in [0.25, 0.3) is 5.57 Å². The number of aliphatic hydroxyl groups is 1. The number of amides is 1. The molecule has 1 aromatic heterocycles.